The molecule has 0 aliphatic rings. The average Bonchev–Trinajstić information content (AvgIpc) is 2.28. The van der Waals surface area contributed by atoms with E-state index < -0.39 is 11.9 Å². The van der Waals surface area contributed by atoms with Crippen molar-refractivity contribution in [1.82, 2.24) is 0 Å². The molecule has 0 saturated carbocycles. The number of rotatable bonds is 5. The molecule has 1 rings (SSSR count). The van der Waals surface area contributed by atoms with E-state index in [1.807, 2.05) is 6.92 Å². The van der Waals surface area contributed by atoms with Gasteiger partial charge in [0.05, 0.1) is 19.6 Å². The van der Waals surface area contributed by atoms with Crippen molar-refractivity contribution in [3.63, 3.8) is 0 Å². The summed E-state index contributed by atoms with van der Waals surface area (Å²) in [7, 11) is 1.55. The molecule has 4 nitrogen and oxygen atoms in total. The predicted octanol–water partition coefficient (Wildman–Crippen LogP) is 2.28. The Kier molecular flexibility index (Phi) is 4.17. The molecule has 0 aliphatic heterocycles. The van der Waals surface area contributed by atoms with E-state index in [0.29, 0.717) is 23.7 Å². The fourth-order valence-electron chi connectivity index (χ4n) is 1.37. The van der Waals surface area contributed by atoms with Crippen LogP contribution in [-0.2, 0) is 4.79 Å². The maximum Gasteiger partial charge on any atom is 0.310 e. The third-order valence-electron chi connectivity index (χ3n) is 2.36. The van der Waals surface area contributed by atoms with E-state index in [2.05, 4.69) is 0 Å². The number of aliphatic carboxylic acids is 1. The molecule has 1 aromatic rings. The molecule has 0 aromatic heterocycles. The number of hydrogen-bond donors (Lipinski definition) is 1. The highest BCUT2D eigenvalue weighted by Crippen LogP contribution is 2.30. The van der Waals surface area contributed by atoms with Crippen molar-refractivity contribution < 1.29 is 19.4 Å². The van der Waals surface area contributed by atoms with E-state index in [4.69, 9.17) is 14.6 Å². The van der Waals surface area contributed by atoms with Gasteiger partial charge in [0, 0.05) is 0 Å². The first-order chi connectivity index (χ1) is 7.60. The highest BCUT2D eigenvalue weighted by atomic mass is 16.5. The molecular formula is C12H16O4. The summed E-state index contributed by atoms with van der Waals surface area (Å²) in [5.41, 5.74) is 0.705. The molecule has 1 aromatic carbocycles. The van der Waals surface area contributed by atoms with Gasteiger partial charge in [0.1, 0.15) is 0 Å². The van der Waals surface area contributed by atoms with Crippen molar-refractivity contribution in [1.29, 1.82) is 0 Å². The molecule has 16 heavy (non-hydrogen) atoms. The number of carboxylic acid groups (broad SMARTS) is 1. The molecule has 1 atom stereocenters. The number of carboxylic acids is 1. The lowest BCUT2D eigenvalue weighted by atomic mass is 10.0. The molecule has 4 heteroatoms. The molecule has 0 saturated heterocycles. The minimum Gasteiger partial charge on any atom is -0.493 e. The van der Waals surface area contributed by atoms with Gasteiger partial charge in [0.15, 0.2) is 11.5 Å². The van der Waals surface area contributed by atoms with Crippen molar-refractivity contribution >= 4 is 5.97 Å². The van der Waals surface area contributed by atoms with E-state index in [1.54, 1.807) is 32.2 Å². The predicted molar refractivity (Wildman–Crippen MR) is 60.2 cm³/mol. The minimum atomic E-state index is -0.854. The normalized spacial score (nSPS) is 11.9. The van der Waals surface area contributed by atoms with Crippen LogP contribution in [0.1, 0.15) is 25.3 Å². The first kappa shape index (κ1) is 12.4. The van der Waals surface area contributed by atoms with Crippen LogP contribution in [0.25, 0.3) is 0 Å². The average molecular weight is 224 g/mol. The van der Waals surface area contributed by atoms with Crippen LogP contribution in [0.4, 0.5) is 0 Å². The molecule has 1 N–H and O–H groups in total. The highest BCUT2D eigenvalue weighted by Gasteiger charge is 2.16. The van der Waals surface area contributed by atoms with Crippen molar-refractivity contribution in [3.8, 4) is 11.5 Å². The second-order valence-corrected chi connectivity index (χ2v) is 3.40. The summed E-state index contributed by atoms with van der Waals surface area (Å²) < 4.78 is 10.5. The van der Waals surface area contributed by atoms with Crippen LogP contribution in [0.3, 0.4) is 0 Å². The topological polar surface area (TPSA) is 55.8 Å². The second kappa shape index (κ2) is 5.39. The van der Waals surface area contributed by atoms with Crippen molar-refractivity contribution in [3.05, 3.63) is 23.8 Å². The highest BCUT2D eigenvalue weighted by molar-refractivity contribution is 5.75. The largest absolute Gasteiger partial charge is 0.493 e. The molecule has 0 amide bonds. The molecule has 1 unspecified atom stereocenters. The fourth-order valence-corrected chi connectivity index (χ4v) is 1.37. The Balaban J connectivity index is 3.05. The lowest BCUT2D eigenvalue weighted by molar-refractivity contribution is -0.138. The maximum absolute atomic E-state index is 10.9. The Morgan fingerprint density at radius 3 is 2.62 bits per heavy atom. The summed E-state index contributed by atoms with van der Waals surface area (Å²) in [5, 5.41) is 8.91. The number of methoxy groups -OCH3 is 1. The zero-order chi connectivity index (χ0) is 12.1. The van der Waals surface area contributed by atoms with Gasteiger partial charge < -0.3 is 14.6 Å². The van der Waals surface area contributed by atoms with Crippen LogP contribution in [-0.4, -0.2) is 24.8 Å². The van der Waals surface area contributed by atoms with Crippen LogP contribution in [0.2, 0.25) is 0 Å². The zero-order valence-electron chi connectivity index (χ0n) is 9.69. The van der Waals surface area contributed by atoms with Gasteiger partial charge in [-0.05, 0) is 31.5 Å². The van der Waals surface area contributed by atoms with E-state index in [9.17, 15) is 4.79 Å². The summed E-state index contributed by atoms with van der Waals surface area (Å²) >= 11 is 0. The summed E-state index contributed by atoms with van der Waals surface area (Å²) in [6.07, 6.45) is 0. The minimum absolute atomic E-state index is 0.515. The van der Waals surface area contributed by atoms with E-state index in [0.717, 1.165) is 0 Å². The maximum atomic E-state index is 10.9. The van der Waals surface area contributed by atoms with Crippen LogP contribution < -0.4 is 9.47 Å². The number of carbonyl (C=O) groups is 1. The first-order valence-electron chi connectivity index (χ1n) is 5.13. The van der Waals surface area contributed by atoms with Gasteiger partial charge in [-0.15, -0.1) is 0 Å². The Hall–Kier alpha value is -1.71. The Bertz CT molecular complexity index is 373. The van der Waals surface area contributed by atoms with Gasteiger partial charge in [-0.2, -0.15) is 0 Å². The lowest BCUT2D eigenvalue weighted by Gasteiger charge is -2.12. The monoisotopic (exact) mass is 224 g/mol. The van der Waals surface area contributed by atoms with Gasteiger partial charge in [0.2, 0.25) is 0 Å². The standard InChI is InChI=1S/C12H16O4/c1-4-16-11-7-9(8(2)12(13)14)5-6-10(11)15-3/h5-8H,4H2,1-3H3,(H,13,14). The second-order valence-electron chi connectivity index (χ2n) is 3.40. The Morgan fingerprint density at radius 1 is 1.44 bits per heavy atom. The summed E-state index contributed by atoms with van der Waals surface area (Å²) in [5.74, 6) is -0.212. The number of benzene rings is 1. The zero-order valence-corrected chi connectivity index (χ0v) is 9.69. The van der Waals surface area contributed by atoms with Gasteiger partial charge in [-0.3, -0.25) is 4.79 Å². The van der Waals surface area contributed by atoms with Crippen LogP contribution in [0, 0.1) is 0 Å². The Labute approximate surface area is 94.8 Å². The molecule has 0 radical (unpaired) electrons. The summed E-state index contributed by atoms with van der Waals surface area (Å²) in [6, 6.07) is 5.17. The van der Waals surface area contributed by atoms with Crippen molar-refractivity contribution in [2.24, 2.45) is 0 Å². The van der Waals surface area contributed by atoms with Gasteiger partial charge in [-0.25, -0.2) is 0 Å². The van der Waals surface area contributed by atoms with Crippen LogP contribution >= 0.6 is 0 Å². The van der Waals surface area contributed by atoms with Gasteiger partial charge >= 0.3 is 5.97 Å². The van der Waals surface area contributed by atoms with E-state index in [1.165, 1.54) is 0 Å². The third kappa shape index (κ3) is 2.66. The lowest BCUT2D eigenvalue weighted by Crippen LogP contribution is -2.08. The molecule has 88 valence electrons. The number of hydrogen-bond acceptors (Lipinski definition) is 3. The van der Waals surface area contributed by atoms with E-state index in [-0.39, 0.29) is 0 Å². The van der Waals surface area contributed by atoms with E-state index >= 15 is 0 Å². The van der Waals surface area contributed by atoms with Gasteiger partial charge in [0.25, 0.3) is 0 Å². The quantitative estimate of drug-likeness (QED) is 0.833. The number of ether oxygens (including phenoxy) is 2. The molecule has 0 bridgehead atoms. The molecular weight excluding hydrogens is 208 g/mol. The van der Waals surface area contributed by atoms with Gasteiger partial charge in [-0.1, -0.05) is 6.07 Å². The van der Waals surface area contributed by atoms with Crippen LogP contribution in [0.5, 0.6) is 11.5 Å². The third-order valence-corrected chi connectivity index (χ3v) is 2.36. The van der Waals surface area contributed by atoms with Crippen LogP contribution in [0.15, 0.2) is 18.2 Å². The molecule has 0 heterocycles. The summed E-state index contributed by atoms with van der Waals surface area (Å²) in [4.78, 5) is 10.9. The van der Waals surface area contributed by atoms with Crippen molar-refractivity contribution in [2.45, 2.75) is 19.8 Å². The first-order valence-corrected chi connectivity index (χ1v) is 5.13. The Morgan fingerprint density at radius 2 is 2.12 bits per heavy atom. The summed E-state index contributed by atoms with van der Waals surface area (Å²) in [6.45, 7) is 4.02. The fraction of sp³-hybridized carbons (Fsp3) is 0.417. The SMILES string of the molecule is CCOc1cc(C(C)C(=O)O)ccc1OC. The van der Waals surface area contributed by atoms with Crippen molar-refractivity contribution in [2.75, 3.05) is 13.7 Å². The molecule has 0 spiro atoms. The molecule has 0 aliphatic carbocycles. The molecule has 0 fully saturated rings. The smallest absolute Gasteiger partial charge is 0.310 e.